The molecular formula is C12H15NO2. The molecule has 0 saturated heterocycles. The van der Waals surface area contributed by atoms with Crippen molar-refractivity contribution >= 4 is 5.57 Å². The van der Waals surface area contributed by atoms with E-state index in [0.717, 1.165) is 30.9 Å². The summed E-state index contributed by atoms with van der Waals surface area (Å²) in [6.07, 6.45) is 6.56. The maximum absolute atomic E-state index is 5.43. The Morgan fingerprint density at radius 3 is 2.93 bits per heavy atom. The van der Waals surface area contributed by atoms with Crippen LogP contribution in [0.2, 0.25) is 0 Å². The average Bonchev–Trinajstić information content (AvgIpc) is 3.04. The minimum Gasteiger partial charge on any atom is -0.501 e. The van der Waals surface area contributed by atoms with Crippen molar-refractivity contribution in [2.45, 2.75) is 38.5 Å². The van der Waals surface area contributed by atoms with E-state index in [2.05, 4.69) is 5.16 Å². The largest absolute Gasteiger partial charge is 0.501 e. The highest BCUT2D eigenvalue weighted by atomic mass is 16.5. The van der Waals surface area contributed by atoms with E-state index in [1.54, 1.807) is 0 Å². The fraction of sp³-hybridized carbons (Fsp3) is 0.583. The molecule has 0 N–H and O–H groups in total. The summed E-state index contributed by atoms with van der Waals surface area (Å²) in [5.74, 6) is 1.70. The van der Waals surface area contributed by atoms with E-state index in [-0.39, 0.29) is 0 Å². The van der Waals surface area contributed by atoms with E-state index < -0.39 is 0 Å². The monoisotopic (exact) mass is 205 g/mol. The molecule has 1 saturated carbocycles. The molecule has 0 atom stereocenters. The van der Waals surface area contributed by atoms with Crippen molar-refractivity contribution in [1.82, 2.24) is 5.16 Å². The number of rotatable bonds is 2. The Morgan fingerprint density at radius 2 is 2.27 bits per heavy atom. The fourth-order valence-corrected chi connectivity index (χ4v) is 2.15. The smallest absolute Gasteiger partial charge is 0.147 e. The number of hydrogen-bond donors (Lipinski definition) is 0. The van der Waals surface area contributed by atoms with Crippen molar-refractivity contribution in [3.63, 3.8) is 0 Å². The zero-order valence-corrected chi connectivity index (χ0v) is 8.95. The quantitative estimate of drug-likeness (QED) is 0.744. The summed E-state index contributed by atoms with van der Waals surface area (Å²) in [6, 6.07) is 0. The van der Waals surface area contributed by atoms with Crippen molar-refractivity contribution in [2.75, 3.05) is 6.61 Å². The van der Waals surface area contributed by atoms with Gasteiger partial charge in [0.25, 0.3) is 0 Å². The minimum atomic E-state index is 0.615. The second-order valence-corrected chi connectivity index (χ2v) is 4.40. The van der Waals surface area contributed by atoms with Crippen molar-refractivity contribution in [1.29, 1.82) is 0 Å². The van der Waals surface area contributed by atoms with Gasteiger partial charge in [-0.15, -0.1) is 0 Å². The van der Waals surface area contributed by atoms with E-state index in [1.165, 1.54) is 24.0 Å². The van der Waals surface area contributed by atoms with Crippen molar-refractivity contribution in [2.24, 2.45) is 0 Å². The van der Waals surface area contributed by atoms with Gasteiger partial charge in [0, 0.05) is 11.5 Å². The summed E-state index contributed by atoms with van der Waals surface area (Å²) >= 11 is 0. The molecule has 0 spiro atoms. The molecule has 0 aromatic carbocycles. The molecule has 3 nitrogen and oxygen atoms in total. The van der Waals surface area contributed by atoms with Gasteiger partial charge in [0.05, 0.1) is 18.6 Å². The highest BCUT2D eigenvalue weighted by molar-refractivity contribution is 5.69. The molecule has 1 aliphatic heterocycles. The van der Waals surface area contributed by atoms with E-state index in [1.807, 2.05) is 13.2 Å². The highest BCUT2D eigenvalue weighted by Gasteiger charge is 2.32. The summed E-state index contributed by atoms with van der Waals surface area (Å²) in [5.41, 5.74) is 3.49. The number of allylic oxidation sites excluding steroid dienone is 1. The molecule has 0 bridgehead atoms. The third-order valence-corrected chi connectivity index (χ3v) is 3.09. The molecular weight excluding hydrogens is 190 g/mol. The lowest BCUT2D eigenvalue weighted by Crippen LogP contribution is -2.00. The molecule has 2 aliphatic rings. The SMILES string of the molecule is Cc1noc(C2CC2)c1C1=COCCC1. The average molecular weight is 205 g/mol. The van der Waals surface area contributed by atoms with Crippen LogP contribution in [0, 0.1) is 6.92 Å². The molecule has 80 valence electrons. The van der Waals surface area contributed by atoms with Crippen LogP contribution in [-0.4, -0.2) is 11.8 Å². The van der Waals surface area contributed by atoms with E-state index >= 15 is 0 Å². The topological polar surface area (TPSA) is 35.3 Å². The van der Waals surface area contributed by atoms with E-state index in [9.17, 15) is 0 Å². The molecule has 0 radical (unpaired) electrons. The van der Waals surface area contributed by atoms with E-state index in [0.29, 0.717) is 5.92 Å². The third kappa shape index (κ3) is 1.56. The Kier molecular flexibility index (Phi) is 2.04. The van der Waals surface area contributed by atoms with Crippen LogP contribution in [0.3, 0.4) is 0 Å². The lowest BCUT2D eigenvalue weighted by Gasteiger charge is -2.13. The van der Waals surface area contributed by atoms with Gasteiger partial charge in [-0.2, -0.15) is 0 Å². The summed E-state index contributed by atoms with van der Waals surface area (Å²) in [4.78, 5) is 0. The molecule has 15 heavy (non-hydrogen) atoms. The molecule has 3 heteroatoms. The molecule has 0 amide bonds. The lowest BCUT2D eigenvalue weighted by atomic mass is 9.98. The van der Waals surface area contributed by atoms with Gasteiger partial charge in [-0.05, 0) is 38.2 Å². The zero-order valence-electron chi connectivity index (χ0n) is 8.95. The van der Waals surface area contributed by atoms with Gasteiger partial charge in [-0.1, -0.05) is 5.16 Å². The Balaban J connectivity index is 2.01. The fourth-order valence-electron chi connectivity index (χ4n) is 2.15. The van der Waals surface area contributed by atoms with Crippen LogP contribution >= 0.6 is 0 Å². The zero-order chi connectivity index (χ0) is 10.3. The van der Waals surface area contributed by atoms with Gasteiger partial charge in [0.2, 0.25) is 0 Å². The molecule has 2 heterocycles. The highest BCUT2D eigenvalue weighted by Crippen LogP contribution is 2.45. The molecule has 1 aromatic rings. The van der Waals surface area contributed by atoms with Gasteiger partial charge in [0.15, 0.2) is 0 Å². The predicted octanol–water partition coefficient (Wildman–Crippen LogP) is 3.01. The Hall–Kier alpha value is -1.25. The first-order chi connectivity index (χ1) is 7.36. The summed E-state index contributed by atoms with van der Waals surface area (Å²) in [7, 11) is 0. The Bertz CT molecular complexity index is 402. The van der Waals surface area contributed by atoms with Gasteiger partial charge >= 0.3 is 0 Å². The van der Waals surface area contributed by atoms with E-state index in [4.69, 9.17) is 9.26 Å². The summed E-state index contributed by atoms with van der Waals surface area (Å²) < 4.78 is 10.8. The standard InChI is InChI=1S/C12H15NO2/c1-8-11(10-3-2-6-14-7-10)12(15-13-8)9-4-5-9/h7,9H,2-6H2,1H3. The van der Waals surface area contributed by atoms with Crippen molar-refractivity contribution in [3.8, 4) is 0 Å². The van der Waals surface area contributed by atoms with Crippen LogP contribution in [0.1, 0.15) is 48.6 Å². The van der Waals surface area contributed by atoms with Crippen LogP contribution in [0.15, 0.2) is 10.8 Å². The minimum absolute atomic E-state index is 0.615. The molecule has 3 rings (SSSR count). The van der Waals surface area contributed by atoms with Crippen LogP contribution in [0.4, 0.5) is 0 Å². The predicted molar refractivity (Wildman–Crippen MR) is 56.4 cm³/mol. The van der Waals surface area contributed by atoms with Crippen LogP contribution in [0.25, 0.3) is 5.57 Å². The number of ether oxygens (including phenoxy) is 1. The Morgan fingerprint density at radius 1 is 1.40 bits per heavy atom. The van der Waals surface area contributed by atoms with Gasteiger partial charge in [-0.25, -0.2) is 0 Å². The van der Waals surface area contributed by atoms with Crippen LogP contribution < -0.4 is 0 Å². The van der Waals surface area contributed by atoms with Gasteiger partial charge < -0.3 is 9.26 Å². The molecule has 0 unspecified atom stereocenters. The first kappa shape index (κ1) is 9.01. The maximum Gasteiger partial charge on any atom is 0.147 e. The van der Waals surface area contributed by atoms with Crippen molar-refractivity contribution in [3.05, 3.63) is 23.3 Å². The number of hydrogen-bond acceptors (Lipinski definition) is 3. The number of nitrogens with zero attached hydrogens (tertiary/aromatic N) is 1. The Labute approximate surface area is 89.1 Å². The normalized spacial score (nSPS) is 21.0. The molecule has 1 fully saturated rings. The lowest BCUT2D eigenvalue weighted by molar-refractivity contribution is 0.235. The van der Waals surface area contributed by atoms with Crippen molar-refractivity contribution < 1.29 is 9.26 Å². The second kappa shape index (κ2) is 3.40. The molecule has 1 aromatic heterocycles. The molecule has 1 aliphatic carbocycles. The van der Waals surface area contributed by atoms with Gasteiger partial charge in [-0.3, -0.25) is 0 Å². The number of aromatic nitrogens is 1. The van der Waals surface area contributed by atoms with Gasteiger partial charge in [0.1, 0.15) is 5.76 Å². The third-order valence-electron chi connectivity index (χ3n) is 3.09. The van der Waals surface area contributed by atoms with Crippen LogP contribution in [-0.2, 0) is 4.74 Å². The summed E-state index contributed by atoms with van der Waals surface area (Å²) in [5, 5.41) is 4.08. The maximum atomic E-state index is 5.43. The first-order valence-electron chi connectivity index (χ1n) is 5.63. The summed E-state index contributed by atoms with van der Waals surface area (Å²) in [6.45, 7) is 2.85. The number of aryl methyl sites for hydroxylation is 1. The first-order valence-corrected chi connectivity index (χ1v) is 5.63. The van der Waals surface area contributed by atoms with Crippen LogP contribution in [0.5, 0.6) is 0 Å². The second-order valence-electron chi connectivity index (χ2n) is 4.40.